The summed E-state index contributed by atoms with van der Waals surface area (Å²) in [6, 6.07) is 1.46. The first kappa shape index (κ1) is 9.57. The lowest BCUT2D eigenvalue weighted by molar-refractivity contribution is 0.0982. The van der Waals surface area contributed by atoms with Crippen molar-refractivity contribution in [3.63, 3.8) is 0 Å². The standard InChI is InChI=1S/C8H8F2N2O/c1-4-2-3-12-6(7(9)10)5(4)8(11)13/h2-3,7H,1H3,(H2,11,13). The number of halogens is 2. The monoisotopic (exact) mass is 186 g/mol. The Morgan fingerprint density at radius 1 is 1.62 bits per heavy atom. The molecule has 0 aliphatic rings. The summed E-state index contributed by atoms with van der Waals surface area (Å²) in [6.45, 7) is 1.54. The predicted molar refractivity (Wildman–Crippen MR) is 42.4 cm³/mol. The number of nitrogens with two attached hydrogens (primary N) is 1. The maximum atomic E-state index is 12.3. The van der Waals surface area contributed by atoms with E-state index < -0.39 is 18.0 Å². The summed E-state index contributed by atoms with van der Waals surface area (Å²) in [4.78, 5) is 14.2. The van der Waals surface area contributed by atoms with Gasteiger partial charge in [-0.25, -0.2) is 8.78 Å². The molecule has 1 aromatic heterocycles. The van der Waals surface area contributed by atoms with Crippen molar-refractivity contribution in [3.8, 4) is 0 Å². The third kappa shape index (κ3) is 1.80. The molecule has 5 heteroatoms. The van der Waals surface area contributed by atoms with E-state index in [1.165, 1.54) is 19.2 Å². The number of carbonyl (C=O) groups excluding carboxylic acids is 1. The number of aryl methyl sites for hydroxylation is 1. The molecule has 2 N–H and O–H groups in total. The SMILES string of the molecule is Cc1ccnc(C(F)F)c1C(N)=O. The van der Waals surface area contributed by atoms with Crippen molar-refractivity contribution in [2.75, 3.05) is 0 Å². The Morgan fingerprint density at radius 2 is 2.23 bits per heavy atom. The van der Waals surface area contributed by atoms with Crippen molar-refractivity contribution in [2.45, 2.75) is 13.3 Å². The molecule has 1 amide bonds. The van der Waals surface area contributed by atoms with Gasteiger partial charge in [-0.15, -0.1) is 0 Å². The van der Waals surface area contributed by atoms with Gasteiger partial charge in [0, 0.05) is 6.20 Å². The largest absolute Gasteiger partial charge is 0.366 e. The minimum atomic E-state index is -2.78. The van der Waals surface area contributed by atoms with Crippen molar-refractivity contribution < 1.29 is 13.6 Å². The summed E-state index contributed by atoms with van der Waals surface area (Å²) in [6.07, 6.45) is -1.55. The molecule has 0 fully saturated rings. The fraction of sp³-hybridized carbons (Fsp3) is 0.250. The maximum Gasteiger partial charge on any atom is 0.281 e. The minimum absolute atomic E-state index is 0.183. The Balaban J connectivity index is 3.34. The van der Waals surface area contributed by atoms with Crippen LogP contribution in [-0.4, -0.2) is 10.9 Å². The van der Waals surface area contributed by atoms with E-state index in [1.54, 1.807) is 0 Å². The van der Waals surface area contributed by atoms with E-state index in [-0.39, 0.29) is 5.56 Å². The molecule has 3 nitrogen and oxygen atoms in total. The number of carbonyl (C=O) groups is 1. The molecule has 0 spiro atoms. The molecule has 0 atom stereocenters. The van der Waals surface area contributed by atoms with E-state index in [0.717, 1.165) is 0 Å². The summed E-state index contributed by atoms with van der Waals surface area (Å²) < 4.78 is 24.6. The molecular formula is C8H8F2N2O. The van der Waals surface area contributed by atoms with Gasteiger partial charge in [0.15, 0.2) is 0 Å². The van der Waals surface area contributed by atoms with Crippen molar-refractivity contribution in [3.05, 3.63) is 29.1 Å². The van der Waals surface area contributed by atoms with Crippen molar-refractivity contribution in [2.24, 2.45) is 5.73 Å². The van der Waals surface area contributed by atoms with Gasteiger partial charge in [-0.05, 0) is 18.6 Å². The van der Waals surface area contributed by atoms with E-state index in [0.29, 0.717) is 5.56 Å². The van der Waals surface area contributed by atoms with Crippen LogP contribution >= 0.6 is 0 Å². The van der Waals surface area contributed by atoms with E-state index in [2.05, 4.69) is 4.98 Å². The van der Waals surface area contributed by atoms with Crippen LogP contribution in [0.25, 0.3) is 0 Å². The molecular weight excluding hydrogens is 178 g/mol. The highest BCUT2D eigenvalue weighted by Crippen LogP contribution is 2.22. The van der Waals surface area contributed by atoms with Crippen molar-refractivity contribution in [1.82, 2.24) is 4.98 Å². The summed E-state index contributed by atoms with van der Waals surface area (Å²) >= 11 is 0. The zero-order chi connectivity index (χ0) is 10.0. The lowest BCUT2D eigenvalue weighted by Gasteiger charge is -2.06. The third-order valence-electron chi connectivity index (χ3n) is 1.64. The molecule has 0 saturated heterocycles. The van der Waals surface area contributed by atoms with Gasteiger partial charge < -0.3 is 5.73 Å². The number of hydrogen-bond donors (Lipinski definition) is 1. The molecule has 0 bridgehead atoms. The predicted octanol–water partition coefficient (Wildman–Crippen LogP) is 1.43. The van der Waals surface area contributed by atoms with Gasteiger partial charge in [0.05, 0.1) is 5.56 Å². The lowest BCUT2D eigenvalue weighted by atomic mass is 10.1. The fourth-order valence-electron chi connectivity index (χ4n) is 1.07. The van der Waals surface area contributed by atoms with Crippen molar-refractivity contribution in [1.29, 1.82) is 0 Å². The van der Waals surface area contributed by atoms with Crippen LogP contribution in [0.5, 0.6) is 0 Å². The van der Waals surface area contributed by atoms with Crippen LogP contribution in [0.15, 0.2) is 12.3 Å². The number of hydrogen-bond acceptors (Lipinski definition) is 2. The van der Waals surface area contributed by atoms with Gasteiger partial charge in [-0.2, -0.15) is 0 Å². The van der Waals surface area contributed by atoms with E-state index in [9.17, 15) is 13.6 Å². The molecule has 0 aliphatic carbocycles. The summed E-state index contributed by atoms with van der Waals surface area (Å²) in [5.74, 6) is -0.874. The number of aromatic nitrogens is 1. The highest BCUT2D eigenvalue weighted by atomic mass is 19.3. The van der Waals surface area contributed by atoms with E-state index in [4.69, 9.17) is 5.73 Å². The number of amides is 1. The van der Waals surface area contributed by atoms with Crippen molar-refractivity contribution >= 4 is 5.91 Å². The first-order chi connectivity index (χ1) is 6.04. The van der Waals surface area contributed by atoms with Gasteiger partial charge in [-0.1, -0.05) is 0 Å². The van der Waals surface area contributed by atoms with Crippen LogP contribution in [-0.2, 0) is 0 Å². The molecule has 1 heterocycles. The molecule has 1 rings (SSSR count). The Morgan fingerprint density at radius 3 is 2.62 bits per heavy atom. The smallest absolute Gasteiger partial charge is 0.281 e. The molecule has 70 valence electrons. The number of nitrogens with zero attached hydrogens (tertiary/aromatic N) is 1. The summed E-state index contributed by atoms with van der Waals surface area (Å²) in [5.41, 5.74) is 4.62. The van der Waals surface area contributed by atoms with Crippen LogP contribution < -0.4 is 5.73 Å². The Kier molecular flexibility index (Phi) is 2.55. The van der Waals surface area contributed by atoms with E-state index >= 15 is 0 Å². The molecule has 0 unspecified atom stereocenters. The first-order valence-corrected chi connectivity index (χ1v) is 3.57. The van der Waals surface area contributed by atoms with E-state index in [1.807, 2.05) is 0 Å². The van der Waals surface area contributed by atoms with Gasteiger partial charge in [0.1, 0.15) is 5.69 Å². The quantitative estimate of drug-likeness (QED) is 0.759. The first-order valence-electron chi connectivity index (χ1n) is 3.57. The average molecular weight is 186 g/mol. The van der Waals surface area contributed by atoms with Crippen LogP contribution in [0, 0.1) is 6.92 Å². The van der Waals surface area contributed by atoms with Crippen LogP contribution in [0.1, 0.15) is 28.0 Å². The molecule has 13 heavy (non-hydrogen) atoms. The van der Waals surface area contributed by atoms with Crippen LogP contribution in [0.4, 0.5) is 8.78 Å². The van der Waals surface area contributed by atoms with Crippen LogP contribution in [0.3, 0.4) is 0 Å². The average Bonchev–Trinajstić information content (AvgIpc) is 2.02. The molecule has 0 aliphatic heterocycles. The topological polar surface area (TPSA) is 56.0 Å². The molecule has 0 aromatic carbocycles. The number of rotatable bonds is 2. The second-order valence-electron chi connectivity index (χ2n) is 2.55. The maximum absolute atomic E-state index is 12.3. The van der Waals surface area contributed by atoms with Gasteiger partial charge >= 0.3 is 0 Å². The highest BCUT2D eigenvalue weighted by Gasteiger charge is 2.19. The van der Waals surface area contributed by atoms with Crippen LogP contribution in [0.2, 0.25) is 0 Å². The molecule has 0 saturated carbocycles. The van der Waals surface area contributed by atoms with Gasteiger partial charge in [0.2, 0.25) is 0 Å². The minimum Gasteiger partial charge on any atom is -0.366 e. The molecule has 0 radical (unpaired) electrons. The Labute approximate surface area is 73.6 Å². The second-order valence-corrected chi connectivity index (χ2v) is 2.55. The second kappa shape index (κ2) is 3.47. The fourth-order valence-corrected chi connectivity index (χ4v) is 1.07. The Bertz CT molecular complexity index is 339. The lowest BCUT2D eigenvalue weighted by Crippen LogP contribution is -2.16. The zero-order valence-electron chi connectivity index (χ0n) is 6.92. The zero-order valence-corrected chi connectivity index (χ0v) is 6.92. The van der Waals surface area contributed by atoms with Gasteiger partial charge in [0.25, 0.3) is 12.3 Å². The Hall–Kier alpha value is -1.52. The highest BCUT2D eigenvalue weighted by molar-refractivity contribution is 5.95. The normalized spacial score (nSPS) is 10.5. The molecule has 1 aromatic rings. The number of primary amides is 1. The summed E-state index contributed by atoms with van der Waals surface area (Å²) in [7, 11) is 0. The summed E-state index contributed by atoms with van der Waals surface area (Å²) in [5, 5.41) is 0. The number of alkyl halides is 2. The third-order valence-corrected chi connectivity index (χ3v) is 1.64. The van der Waals surface area contributed by atoms with Gasteiger partial charge in [-0.3, -0.25) is 9.78 Å². The number of pyridine rings is 1.